The first-order valence-electron chi connectivity index (χ1n) is 6.56. The Labute approximate surface area is 128 Å². The lowest BCUT2D eigenvalue weighted by Gasteiger charge is -2.05. The van der Waals surface area contributed by atoms with Gasteiger partial charge in [-0.25, -0.2) is 0 Å². The predicted molar refractivity (Wildman–Crippen MR) is 85.7 cm³/mol. The molecule has 0 bridgehead atoms. The van der Waals surface area contributed by atoms with Crippen molar-refractivity contribution in [2.75, 3.05) is 12.4 Å². The van der Waals surface area contributed by atoms with Crippen molar-refractivity contribution < 1.29 is 9.53 Å². The summed E-state index contributed by atoms with van der Waals surface area (Å²) in [5, 5.41) is 3.45. The number of methoxy groups -OCH3 is 1. The maximum absolute atomic E-state index is 12.1. The number of hydrogen-bond donors (Lipinski definition) is 1. The topological polar surface area (TPSA) is 38.3 Å². The highest BCUT2D eigenvalue weighted by Crippen LogP contribution is 2.35. The third kappa shape index (κ3) is 2.52. The van der Waals surface area contributed by atoms with E-state index in [1.165, 1.54) is 0 Å². The van der Waals surface area contributed by atoms with E-state index in [9.17, 15) is 4.79 Å². The molecule has 1 aliphatic heterocycles. The van der Waals surface area contributed by atoms with Crippen LogP contribution in [0.1, 0.15) is 16.7 Å². The van der Waals surface area contributed by atoms with Gasteiger partial charge in [-0.05, 0) is 54.5 Å². The Bertz CT molecular complexity index is 765. The molecule has 0 radical (unpaired) electrons. The second-order valence-electron chi connectivity index (χ2n) is 4.93. The average molecular weight is 300 g/mol. The third-order valence-electron chi connectivity index (χ3n) is 3.49. The molecule has 3 nitrogen and oxygen atoms in total. The van der Waals surface area contributed by atoms with Crippen molar-refractivity contribution >= 4 is 34.8 Å². The number of ether oxygens (including phenoxy) is 1. The number of carbonyl (C=O) groups excluding carboxylic acids is 1. The lowest BCUT2D eigenvalue weighted by Crippen LogP contribution is -2.03. The van der Waals surface area contributed by atoms with E-state index in [0.717, 1.165) is 28.1 Å². The van der Waals surface area contributed by atoms with Crippen LogP contribution in [0.2, 0.25) is 5.02 Å². The molecule has 1 N–H and O–H groups in total. The summed E-state index contributed by atoms with van der Waals surface area (Å²) in [6.07, 6.45) is 1.87. The Hall–Kier alpha value is -2.26. The lowest BCUT2D eigenvalue weighted by atomic mass is 10.0. The van der Waals surface area contributed by atoms with E-state index in [4.69, 9.17) is 16.3 Å². The second-order valence-corrected chi connectivity index (χ2v) is 5.37. The maximum Gasteiger partial charge on any atom is 0.256 e. The summed E-state index contributed by atoms with van der Waals surface area (Å²) in [6.45, 7) is 1.97. The van der Waals surface area contributed by atoms with Gasteiger partial charge in [-0.3, -0.25) is 4.79 Å². The van der Waals surface area contributed by atoms with Crippen LogP contribution in [0.3, 0.4) is 0 Å². The molecular weight excluding hydrogens is 286 g/mol. The molecule has 0 saturated heterocycles. The fraction of sp³-hybridized carbons (Fsp3) is 0.118. The molecule has 21 heavy (non-hydrogen) atoms. The normalized spacial score (nSPS) is 15.0. The summed E-state index contributed by atoms with van der Waals surface area (Å²) in [5.74, 6) is 0.720. The van der Waals surface area contributed by atoms with Crippen LogP contribution in [-0.4, -0.2) is 13.0 Å². The van der Waals surface area contributed by atoms with Crippen molar-refractivity contribution in [3.63, 3.8) is 0 Å². The van der Waals surface area contributed by atoms with Crippen LogP contribution in [0.5, 0.6) is 5.75 Å². The van der Waals surface area contributed by atoms with Gasteiger partial charge in [0.2, 0.25) is 0 Å². The second kappa shape index (κ2) is 5.26. The zero-order chi connectivity index (χ0) is 15.0. The fourth-order valence-electron chi connectivity index (χ4n) is 2.46. The first kappa shape index (κ1) is 13.7. The van der Waals surface area contributed by atoms with E-state index in [2.05, 4.69) is 5.32 Å². The summed E-state index contributed by atoms with van der Waals surface area (Å²) < 4.78 is 5.25. The molecule has 1 heterocycles. The number of benzene rings is 2. The molecule has 1 amide bonds. The van der Waals surface area contributed by atoms with Crippen LogP contribution in [0.4, 0.5) is 5.69 Å². The Balaban J connectivity index is 2.06. The van der Waals surface area contributed by atoms with E-state index >= 15 is 0 Å². The number of nitrogens with one attached hydrogen (secondary N) is 1. The summed E-state index contributed by atoms with van der Waals surface area (Å²) >= 11 is 6.02. The van der Waals surface area contributed by atoms with Crippen LogP contribution in [0, 0.1) is 6.92 Å². The molecule has 1 aliphatic rings. The number of anilines is 1. The van der Waals surface area contributed by atoms with Gasteiger partial charge in [0.05, 0.1) is 7.11 Å². The third-order valence-corrected chi connectivity index (χ3v) is 3.73. The zero-order valence-corrected chi connectivity index (χ0v) is 12.5. The molecule has 0 spiro atoms. The summed E-state index contributed by atoms with van der Waals surface area (Å²) in [4.78, 5) is 12.1. The minimum Gasteiger partial charge on any atom is -0.496 e. The van der Waals surface area contributed by atoms with Gasteiger partial charge in [0.25, 0.3) is 5.91 Å². The number of halogens is 1. The van der Waals surface area contributed by atoms with Crippen molar-refractivity contribution in [1.29, 1.82) is 0 Å². The average Bonchev–Trinajstić information content (AvgIpc) is 2.75. The number of rotatable bonds is 2. The molecule has 106 valence electrons. The molecule has 0 atom stereocenters. The van der Waals surface area contributed by atoms with E-state index in [1.807, 2.05) is 37.3 Å². The molecular formula is C17H14ClNO2. The molecule has 2 aromatic rings. The summed E-state index contributed by atoms with van der Waals surface area (Å²) in [6, 6.07) is 11.2. The minimum atomic E-state index is -0.110. The fourth-order valence-corrected chi connectivity index (χ4v) is 2.63. The Morgan fingerprint density at radius 1 is 1.19 bits per heavy atom. The van der Waals surface area contributed by atoms with Gasteiger partial charge >= 0.3 is 0 Å². The highest BCUT2D eigenvalue weighted by Gasteiger charge is 2.24. The number of fused-ring (bicyclic) bond motifs is 1. The quantitative estimate of drug-likeness (QED) is 0.846. The number of hydrogen-bond acceptors (Lipinski definition) is 2. The Morgan fingerprint density at radius 2 is 2.00 bits per heavy atom. The molecule has 3 rings (SSSR count). The maximum atomic E-state index is 12.1. The molecule has 0 fully saturated rings. The number of aryl methyl sites for hydroxylation is 1. The Kier molecular flexibility index (Phi) is 3.43. The van der Waals surface area contributed by atoms with Crippen molar-refractivity contribution in [1.82, 2.24) is 0 Å². The first-order chi connectivity index (χ1) is 10.1. The van der Waals surface area contributed by atoms with Crippen molar-refractivity contribution in [2.45, 2.75) is 6.92 Å². The van der Waals surface area contributed by atoms with Gasteiger partial charge in [0.15, 0.2) is 0 Å². The molecule has 0 aromatic heterocycles. The molecule has 0 unspecified atom stereocenters. The predicted octanol–water partition coefficient (Wildman–Crippen LogP) is 4.15. The van der Waals surface area contributed by atoms with Gasteiger partial charge in [0.1, 0.15) is 5.75 Å². The van der Waals surface area contributed by atoms with Crippen LogP contribution in [-0.2, 0) is 4.79 Å². The van der Waals surface area contributed by atoms with Crippen LogP contribution in [0.25, 0.3) is 11.6 Å². The molecule has 4 heteroatoms. The highest BCUT2D eigenvalue weighted by atomic mass is 35.5. The summed E-state index contributed by atoms with van der Waals surface area (Å²) in [7, 11) is 1.64. The van der Waals surface area contributed by atoms with Crippen molar-refractivity contribution in [3.8, 4) is 5.75 Å². The van der Waals surface area contributed by atoms with Gasteiger partial charge in [0, 0.05) is 21.8 Å². The van der Waals surface area contributed by atoms with E-state index < -0.39 is 0 Å². The van der Waals surface area contributed by atoms with Gasteiger partial charge in [-0.2, -0.15) is 0 Å². The molecule has 0 saturated carbocycles. The zero-order valence-electron chi connectivity index (χ0n) is 11.7. The molecule has 2 aromatic carbocycles. The Morgan fingerprint density at radius 3 is 2.71 bits per heavy atom. The van der Waals surface area contributed by atoms with Crippen molar-refractivity contribution in [3.05, 3.63) is 58.1 Å². The number of carbonyl (C=O) groups is 1. The minimum absolute atomic E-state index is 0.110. The first-order valence-corrected chi connectivity index (χ1v) is 6.94. The van der Waals surface area contributed by atoms with Crippen LogP contribution in [0.15, 0.2) is 36.4 Å². The largest absolute Gasteiger partial charge is 0.496 e. The number of amides is 1. The van der Waals surface area contributed by atoms with Crippen LogP contribution < -0.4 is 10.1 Å². The standard InChI is InChI=1S/C17H14ClNO2/c1-10-7-11(3-6-16(10)21-2)8-14-13-9-12(18)4-5-15(13)19-17(14)20/h3-9H,1-2H3,(H,19,20)/b14-8+. The smallest absolute Gasteiger partial charge is 0.256 e. The van der Waals surface area contributed by atoms with Crippen molar-refractivity contribution in [2.24, 2.45) is 0 Å². The molecule has 0 aliphatic carbocycles. The monoisotopic (exact) mass is 299 g/mol. The lowest BCUT2D eigenvalue weighted by molar-refractivity contribution is -0.110. The van der Waals surface area contributed by atoms with E-state index in [-0.39, 0.29) is 5.91 Å². The van der Waals surface area contributed by atoms with Gasteiger partial charge < -0.3 is 10.1 Å². The SMILES string of the molecule is COc1ccc(/C=C2/C(=O)Nc3ccc(Cl)cc32)cc1C. The van der Waals surface area contributed by atoms with Crippen LogP contribution >= 0.6 is 11.6 Å². The van der Waals surface area contributed by atoms with E-state index in [1.54, 1.807) is 19.2 Å². The van der Waals surface area contributed by atoms with Gasteiger partial charge in [-0.1, -0.05) is 17.7 Å². The van der Waals surface area contributed by atoms with Gasteiger partial charge in [-0.15, -0.1) is 0 Å². The summed E-state index contributed by atoms with van der Waals surface area (Å²) in [5.41, 5.74) is 4.22. The van der Waals surface area contributed by atoms with E-state index in [0.29, 0.717) is 10.6 Å². The highest BCUT2D eigenvalue weighted by molar-refractivity contribution is 6.36.